The number of nitrogens with two attached hydrogens (primary N) is 1. The highest BCUT2D eigenvalue weighted by atomic mass is 16.2. The van der Waals surface area contributed by atoms with Crippen molar-refractivity contribution in [1.82, 2.24) is 19.9 Å². The fourth-order valence-electron chi connectivity index (χ4n) is 2.42. The van der Waals surface area contributed by atoms with Gasteiger partial charge in [0.05, 0.1) is 17.9 Å². The zero-order chi connectivity index (χ0) is 13.8. The first-order valence-electron chi connectivity index (χ1n) is 7.09. The molecule has 6 nitrogen and oxygen atoms in total. The summed E-state index contributed by atoms with van der Waals surface area (Å²) in [4.78, 5) is 14.2. The van der Waals surface area contributed by atoms with Crippen LogP contribution in [0.1, 0.15) is 57.3 Å². The number of aromatic nitrogens is 3. The number of carbonyl (C=O) groups excluding carboxylic acids is 1. The van der Waals surface area contributed by atoms with Gasteiger partial charge in [-0.25, -0.2) is 4.68 Å². The summed E-state index contributed by atoms with van der Waals surface area (Å²) in [7, 11) is 0. The van der Waals surface area contributed by atoms with Crippen LogP contribution in [0.15, 0.2) is 6.20 Å². The quantitative estimate of drug-likeness (QED) is 0.869. The van der Waals surface area contributed by atoms with E-state index in [9.17, 15) is 4.79 Å². The fraction of sp³-hybridized carbons (Fsp3) is 0.769. The summed E-state index contributed by atoms with van der Waals surface area (Å²) >= 11 is 0. The summed E-state index contributed by atoms with van der Waals surface area (Å²) in [6.45, 7) is 5.68. The Morgan fingerprint density at radius 3 is 2.79 bits per heavy atom. The van der Waals surface area contributed by atoms with Crippen molar-refractivity contribution in [3.8, 4) is 0 Å². The fourth-order valence-corrected chi connectivity index (χ4v) is 2.42. The first kappa shape index (κ1) is 14.0. The maximum atomic E-state index is 12.3. The van der Waals surface area contributed by atoms with E-state index < -0.39 is 0 Å². The molecule has 0 radical (unpaired) electrons. The van der Waals surface area contributed by atoms with Crippen LogP contribution >= 0.6 is 0 Å². The van der Waals surface area contributed by atoms with Crippen molar-refractivity contribution in [2.24, 2.45) is 5.73 Å². The Morgan fingerprint density at radius 1 is 1.47 bits per heavy atom. The van der Waals surface area contributed by atoms with Gasteiger partial charge in [0.2, 0.25) is 5.91 Å². The lowest BCUT2D eigenvalue weighted by molar-refractivity contribution is -0.133. The molecule has 1 aliphatic rings. The SMILES string of the molecule is CCCC(N)c1cn(C(C)C(=O)N2CCCC2)nn1. The number of rotatable bonds is 5. The van der Waals surface area contributed by atoms with E-state index in [-0.39, 0.29) is 18.0 Å². The predicted octanol–water partition coefficient (Wildman–Crippen LogP) is 1.26. The summed E-state index contributed by atoms with van der Waals surface area (Å²) in [5, 5.41) is 8.13. The molecule has 0 bridgehead atoms. The van der Waals surface area contributed by atoms with Crippen molar-refractivity contribution in [2.75, 3.05) is 13.1 Å². The van der Waals surface area contributed by atoms with Gasteiger partial charge in [-0.3, -0.25) is 4.79 Å². The van der Waals surface area contributed by atoms with Gasteiger partial charge < -0.3 is 10.6 Å². The van der Waals surface area contributed by atoms with Crippen LogP contribution in [0, 0.1) is 0 Å². The maximum Gasteiger partial charge on any atom is 0.247 e. The first-order chi connectivity index (χ1) is 9.13. The van der Waals surface area contributed by atoms with Crippen molar-refractivity contribution in [3.63, 3.8) is 0 Å². The lowest BCUT2D eigenvalue weighted by atomic mass is 10.1. The van der Waals surface area contributed by atoms with E-state index in [0.29, 0.717) is 0 Å². The van der Waals surface area contributed by atoms with Crippen LogP contribution in [-0.4, -0.2) is 38.9 Å². The number of carbonyl (C=O) groups is 1. The van der Waals surface area contributed by atoms with Gasteiger partial charge in [0.1, 0.15) is 6.04 Å². The van der Waals surface area contributed by atoms with Crippen molar-refractivity contribution in [1.29, 1.82) is 0 Å². The average Bonchev–Trinajstić information content (AvgIpc) is 3.08. The smallest absolute Gasteiger partial charge is 0.247 e. The zero-order valence-corrected chi connectivity index (χ0v) is 11.7. The van der Waals surface area contributed by atoms with Gasteiger partial charge in [-0.1, -0.05) is 18.6 Å². The molecule has 1 aliphatic heterocycles. The van der Waals surface area contributed by atoms with Crippen molar-refractivity contribution in [3.05, 3.63) is 11.9 Å². The number of nitrogens with zero attached hydrogens (tertiary/aromatic N) is 4. The third-order valence-corrected chi connectivity index (χ3v) is 3.68. The molecule has 2 rings (SSSR count). The molecule has 2 atom stereocenters. The second kappa shape index (κ2) is 6.14. The van der Waals surface area contributed by atoms with Crippen molar-refractivity contribution >= 4 is 5.91 Å². The van der Waals surface area contributed by atoms with E-state index in [1.807, 2.05) is 11.8 Å². The molecule has 0 aliphatic carbocycles. The molecule has 0 spiro atoms. The Balaban J connectivity index is 2.02. The molecule has 2 N–H and O–H groups in total. The van der Waals surface area contributed by atoms with Crippen molar-refractivity contribution < 1.29 is 4.79 Å². The third kappa shape index (κ3) is 3.12. The number of likely N-dealkylation sites (tertiary alicyclic amines) is 1. The van der Waals surface area contributed by atoms with E-state index in [1.165, 1.54) is 0 Å². The van der Waals surface area contributed by atoms with Gasteiger partial charge in [-0.15, -0.1) is 5.10 Å². The van der Waals surface area contributed by atoms with Crippen molar-refractivity contribution in [2.45, 2.75) is 51.6 Å². The number of hydrogen-bond donors (Lipinski definition) is 1. The molecule has 1 fully saturated rings. The van der Waals surface area contributed by atoms with E-state index in [2.05, 4.69) is 17.2 Å². The van der Waals surface area contributed by atoms with E-state index >= 15 is 0 Å². The molecule has 0 saturated carbocycles. The van der Waals surface area contributed by atoms with Gasteiger partial charge in [0, 0.05) is 13.1 Å². The lowest BCUT2D eigenvalue weighted by Gasteiger charge is -2.19. The van der Waals surface area contributed by atoms with E-state index in [4.69, 9.17) is 5.73 Å². The minimum absolute atomic E-state index is 0.0900. The predicted molar refractivity (Wildman–Crippen MR) is 72.4 cm³/mol. The van der Waals surface area contributed by atoms with E-state index in [1.54, 1.807) is 10.9 Å². The first-order valence-corrected chi connectivity index (χ1v) is 7.09. The van der Waals surface area contributed by atoms with Gasteiger partial charge in [0.15, 0.2) is 0 Å². The minimum atomic E-state index is -0.298. The van der Waals surface area contributed by atoms with Crippen LogP contribution in [0.25, 0.3) is 0 Å². The molecule has 19 heavy (non-hydrogen) atoms. The highest BCUT2D eigenvalue weighted by Gasteiger charge is 2.25. The summed E-state index contributed by atoms with van der Waals surface area (Å²) < 4.78 is 1.63. The second-order valence-corrected chi connectivity index (χ2v) is 5.23. The van der Waals surface area contributed by atoms with Gasteiger partial charge in [-0.2, -0.15) is 0 Å². The van der Waals surface area contributed by atoms with Crippen LogP contribution < -0.4 is 5.73 Å². The van der Waals surface area contributed by atoms with E-state index in [0.717, 1.165) is 44.5 Å². The highest BCUT2D eigenvalue weighted by Crippen LogP contribution is 2.17. The monoisotopic (exact) mass is 265 g/mol. The van der Waals surface area contributed by atoms with Crippen LogP contribution in [0.2, 0.25) is 0 Å². The summed E-state index contributed by atoms with van der Waals surface area (Å²) in [5.41, 5.74) is 6.77. The highest BCUT2D eigenvalue weighted by molar-refractivity contribution is 5.80. The van der Waals surface area contributed by atoms with Crippen LogP contribution in [0.5, 0.6) is 0 Å². The molecule has 106 valence electrons. The molecule has 1 saturated heterocycles. The Morgan fingerprint density at radius 2 is 2.16 bits per heavy atom. The Bertz CT molecular complexity index is 424. The van der Waals surface area contributed by atoms with Crippen LogP contribution in [-0.2, 0) is 4.79 Å². The molecular formula is C13H23N5O. The second-order valence-electron chi connectivity index (χ2n) is 5.23. The number of hydrogen-bond acceptors (Lipinski definition) is 4. The Kier molecular flexibility index (Phi) is 4.52. The molecule has 1 aromatic rings. The summed E-state index contributed by atoms with van der Waals surface area (Å²) in [6, 6.07) is -0.388. The molecular weight excluding hydrogens is 242 g/mol. The zero-order valence-electron chi connectivity index (χ0n) is 11.7. The maximum absolute atomic E-state index is 12.3. The molecule has 1 aromatic heterocycles. The minimum Gasteiger partial charge on any atom is -0.341 e. The Labute approximate surface area is 113 Å². The van der Waals surface area contributed by atoms with Gasteiger partial charge in [0.25, 0.3) is 0 Å². The molecule has 2 unspecified atom stereocenters. The normalized spacial score (nSPS) is 18.6. The van der Waals surface area contributed by atoms with Gasteiger partial charge >= 0.3 is 0 Å². The molecule has 1 amide bonds. The lowest BCUT2D eigenvalue weighted by Crippen LogP contribution is -2.34. The molecule has 6 heteroatoms. The topological polar surface area (TPSA) is 77.0 Å². The average molecular weight is 265 g/mol. The number of amides is 1. The van der Waals surface area contributed by atoms with Crippen LogP contribution in [0.4, 0.5) is 0 Å². The molecule has 2 heterocycles. The van der Waals surface area contributed by atoms with Gasteiger partial charge in [-0.05, 0) is 26.2 Å². The summed E-state index contributed by atoms with van der Waals surface area (Å²) in [5.74, 6) is 0.123. The summed E-state index contributed by atoms with van der Waals surface area (Å²) in [6.07, 6.45) is 5.90. The Hall–Kier alpha value is -1.43. The van der Waals surface area contributed by atoms with Crippen LogP contribution in [0.3, 0.4) is 0 Å². The standard InChI is InChI=1S/C13H23N5O/c1-3-6-11(14)12-9-18(16-15-12)10(2)13(19)17-7-4-5-8-17/h9-11H,3-8,14H2,1-2H3. The largest absolute Gasteiger partial charge is 0.341 e. The third-order valence-electron chi connectivity index (χ3n) is 3.68. The molecule has 0 aromatic carbocycles.